The first kappa shape index (κ1) is 11.7. The summed E-state index contributed by atoms with van der Waals surface area (Å²) in [5, 5.41) is 24.3. The largest absolute Gasteiger partial charge is 0.394 e. The van der Waals surface area contributed by atoms with Crippen molar-refractivity contribution in [2.45, 2.75) is 19.0 Å². The Kier molecular flexibility index (Phi) is 3.81. The second kappa shape index (κ2) is 4.90. The number of aliphatic hydroxyl groups is 2. The van der Waals surface area contributed by atoms with Crippen molar-refractivity contribution in [3.8, 4) is 0 Å². The Morgan fingerprint density at radius 2 is 2.20 bits per heavy atom. The quantitative estimate of drug-likeness (QED) is 0.570. The Labute approximate surface area is 87.5 Å². The molecule has 0 unspecified atom stereocenters. The van der Waals surface area contributed by atoms with Gasteiger partial charge in [0, 0.05) is 12.4 Å². The number of aliphatic hydroxyl groups excluding tert-OH is 2. The highest BCUT2D eigenvalue weighted by Gasteiger charge is 2.24. The van der Waals surface area contributed by atoms with Crippen molar-refractivity contribution in [2.24, 2.45) is 0 Å². The number of aromatic nitrogens is 2. The van der Waals surface area contributed by atoms with Gasteiger partial charge in [-0.25, -0.2) is 0 Å². The van der Waals surface area contributed by atoms with Crippen molar-refractivity contribution in [1.29, 1.82) is 0 Å². The standard InChI is InChI=1S/C9H15N3O3/c1-9(6-13,7-14)11-8(15)5-12-4-2-3-10-12/h2-4,13-14H,5-7H2,1H3,(H,11,15). The molecule has 1 heterocycles. The average Bonchev–Trinajstić information content (AvgIpc) is 2.70. The molecule has 0 bridgehead atoms. The van der Waals surface area contributed by atoms with Gasteiger partial charge in [-0.1, -0.05) is 0 Å². The lowest BCUT2D eigenvalue weighted by atomic mass is 10.1. The number of rotatable bonds is 5. The number of nitrogens with zero attached hydrogens (tertiary/aromatic N) is 2. The minimum Gasteiger partial charge on any atom is -0.394 e. The summed E-state index contributed by atoms with van der Waals surface area (Å²) in [4.78, 5) is 11.4. The molecule has 0 fully saturated rings. The van der Waals surface area contributed by atoms with E-state index in [1.165, 1.54) is 4.68 Å². The molecular weight excluding hydrogens is 198 g/mol. The maximum atomic E-state index is 11.4. The Bertz CT molecular complexity index is 306. The van der Waals surface area contributed by atoms with Crippen LogP contribution in [-0.2, 0) is 11.3 Å². The van der Waals surface area contributed by atoms with Crippen molar-refractivity contribution < 1.29 is 15.0 Å². The highest BCUT2D eigenvalue weighted by Crippen LogP contribution is 2.00. The minimum absolute atomic E-state index is 0.0720. The van der Waals surface area contributed by atoms with E-state index in [2.05, 4.69) is 10.4 Å². The van der Waals surface area contributed by atoms with E-state index in [0.29, 0.717) is 0 Å². The Morgan fingerprint density at radius 3 is 2.67 bits per heavy atom. The van der Waals surface area contributed by atoms with Crippen LogP contribution < -0.4 is 5.32 Å². The number of carbonyl (C=O) groups is 1. The van der Waals surface area contributed by atoms with E-state index >= 15 is 0 Å². The van der Waals surface area contributed by atoms with Gasteiger partial charge in [-0.15, -0.1) is 0 Å². The maximum absolute atomic E-state index is 11.4. The molecule has 0 aromatic carbocycles. The maximum Gasteiger partial charge on any atom is 0.242 e. The van der Waals surface area contributed by atoms with Gasteiger partial charge in [-0.2, -0.15) is 5.10 Å². The van der Waals surface area contributed by atoms with Crippen LogP contribution in [0, 0.1) is 0 Å². The Hall–Kier alpha value is -1.40. The van der Waals surface area contributed by atoms with Crippen LogP contribution in [0.1, 0.15) is 6.92 Å². The van der Waals surface area contributed by atoms with E-state index in [-0.39, 0.29) is 25.7 Å². The smallest absolute Gasteiger partial charge is 0.242 e. The molecular formula is C9H15N3O3. The van der Waals surface area contributed by atoms with Crippen molar-refractivity contribution in [2.75, 3.05) is 13.2 Å². The summed E-state index contributed by atoms with van der Waals surface area (Å²) in [6.45, 7) is 1.01. The summed E-state index contributed by atoms with van der Waals surface area (Å²) < 4.78 is 1.46. The first-order valence-electron chi connectivity index (χ1n) is 4.60. The molecule has 15 heavy (non-hydrogen) atoms. The van der Waals surface area contributed by atoms with E-state index in [4.69, 9.17) is 10.2 Å². The number of hydrogen-bond acceptors (Lipinski definition) is 4. The van der Waals surface area contributed by atoms with Gasteiger partial charge in [-0.05, 0) is 13.0 Å². The van der Waals surface area contributed by atoms with E-state index < -0.39 is 5.54 Å². The van der Waals surface area contributed by atoms with E-state index in [0.717, 1.165) is 0 Å². The van der Waals surface area contributed by atoms with Crippen molar-refractivity contribution in [1.82, 2.24) is 15.1 Å². The van der Waals surface area contributed by atoms with Gasteiger partial charge in [0.15, 0.2) is 0 Å². The van der Waals surface area contributed by atoms with Crippen LogP contribution in [0.5, 0.6) is 0 Å². The number of hydrogen-bond donors (Lipinski definition) is 3. The Morgan fingerprint density at radius 1 is 1.53 bits per heavy atom. The molecule has 0 radical (unpaired) electrons. The molecule has 1 rings (SSSR count). The SMILES string of the molecule is CC(CO)(CO)NC(=O)Cn1cccn1. The molecule has 1 amide bonds. The lowest BCUT2D eigenvalue weighted by Gasteiger charge is -2.26. The lowest BCUT2D eigenvalue weighted by Crippen LogP contribution is -2.52. The molecule has 0 saturated carbocycles. The van der Waals surface area contributed by atoms with Gasteiger partial charge in [0.05, 0.1) is 18.8 Å². The first-order chi connectivity index (χ1) is 7.09. The molecule has 6 heteroatoms. The lowest BCUT2D eigenvalue weighted by molar-refractivity contribution is -0.124. The van der Waals surface area contributed by atoms with Gasteiger partial charge >= 0.3 is 0 Å². The molecule has 3 N–H and O–H groups in total. The van der Waals surface area contributed by atoms with Gasteiger partial charge in [0.25, 0.3) is 0 Å². The summed E-state index contributed by atoms with van der Waals surface area (Å²) in [6, 6.07) is 1.71. The number of carbonyl (C=O) groups excluding carboxylic acids is 1. The van der Waals surface area contributed by atoms with E-state index in [1.54, 1.807) is 25.4 Å². The summed E-state index contributed by atoms with van der Waals surface area (Å²) >= 11 is 0. The topological polar surface area (TPSA) is 87.4 Å². The molecule has 0 atom stereocenters. The third-order valence-electron chi connectivity index (χ3n) is 2.00. The fourth-order valence-electron chi connectivity index (χ4n) is 1.05. The summed E-state index contributed by atoms with van der Waals surface area (Å²) in [5.41, 5.74) is -0.982. The van der Waals surface area contributed by atoms with Crippen LogP contribution in [-0.4, -0.2) is 44.7 Å². The van der Waals surface area contributed by atoms with Gasteiger partial charge in [-0.3, -0.25) is 9.48 Å². The van der Waals surface area contributed by atoms with Gasteiger partial charge in [0.1, 0.15) is 6.54 Å². The normalized spacial score (nSPS) is 11.4. The zero-order valence-corrected chi connectivity index (χ0v) is 8.55. The zero-order valence-electron chi connectivity index (χ0n) is 8.55. The summed E-state index contributed by atoms with van der Waals surface area (Å²) in [6.07, 6.45) is 3.24. The minimum atomic E-state index is -0.982. The molecule has 0 aliphatic heterocycles. The molecule has 84 valence electrons. The first-order valence-corrected chi connectivity index (χ1v) is 4.60. The predicted molar refractivity (Wildman–Crippen MR) is 52.9 cm³/mol. The molecule has 0 spiro atoms. The second-order valence-corrected chi connectivity index (χ2v) is 3.63. The van der Waals surface area contributed by atoms with Crippen LogP contribution in [0.15, 0.2) is 18.5 Å². The van der Waals surface area contributed by atoms with Crippen LogP contribution in [0.3, 0.4) is 0 Å². The van der Waals surface area contributed by atoms with Crippen molar-refractivity contribution in [3.05, 3.63) is 18.5 Å². The van der Waals surface area contributed by atoms with Crippen molar-refractivity contribution >= 4 is 5.91 Å². The van der Waals surface area contributed by atoms with Crippen LogP contribution in [0.25, 0.3) is 0 Å². The van der Waals surface area contributed by atoms with Crippen LogP contribution in [0.4, 0.5) is 0 Å². The highest BCUT2D eigenvalue weighted by molar-refractivity contribution is 5.76. The number of amides is 1. The molecule has 0 saturated heterocycles. The second-order valence-electron chi connectivity index (χ2n) is 3.63. The van der Waals surface area contributed by atoms with Gasteiger partial charge in [0.2, 0.25) is 5.91 Å². The summed E-state index contributed by atoms with van der Waals surface area (Å²) in [5.74, 6) is -0.302. The van der Waals surface area contributed by atoms with Crippen molar-refractivity contribution in [3.63, 3.8) is 0 Å². The highest BCUT2D eigenvalue weighted by atomic mass is 16.3. The third-order valence-corrected chi connectivity index (χ3v) is 2.00. The van der Waals surface area contributed by atoms with Gasteiger partial charge < -0.3 is 15.5 Å². The molecule has 1 aromatic rings. The van der Waals surface area contributed by atoms with E-state index in [9.17, 15) is 4.79 Å². The molecule has 0 aliphatic rings. The zero-order chi connectivity index (χ0) is 11.3. The predicted octanol–water partition coefficient (Wildman–Crippen LogP) is -1.26. The molecule has 0 aliphatic carbocycles. The van der Waals surface area contributed by atoms with E-state index in [1.807, 2.05) is 0 Å². The van der Waals surface area contributed by atoms with Crippen LogP contribution in [0.2, 0.25) is 0 Å². The summed E-state index contributed by atoms with van der Waals surface area (Å²) in [7, 11) is 0. The fraction of sp³-hybridized carbons (Fsp3) is 0.556. The number of nitrogens with one attached hydrogen (secondary N) is 1. The molecule has 1 aromatic heterocycles. The average molecular weight is 213 g/mol. The molecule has 6 nitrogen and oxygen atoms in total. The Balaban J connectivity index is 2.49. The van der Waals surface area contributed by atoms with Crippen LogP contribution >= 0.6 is 0 Å². The fourth-order valence-corrected chi connectivity index (χ4v) is 1.05. The third kappa shape index (κ3) is 3.34. The monoisotopic (exact) mass is 213 g/mol.